The molecule has 2 rings (SSSR count). The fourth-order valence-electron chi connectivity index (χ4n) is 1.79. The maximum Gasteiger partial charge on any atom is 0.194 e. The molecule has 0 aliphatic carbocycles. The summed E-state index contributed by atoms with van der Waals surface area (Å²) >= 11 is 0. The second-order valence-electron chi connectivity index (χ2n) is 4.19. The van der Waals surface area contributed by atoms with Crippen molar-refractivity contribution in [1.29, 1.82) is 0 Å². The van der Waals surface area contributed by atoms with Gasteiger partial charge in [0, 0.05) is 5.69 Å². The molecule has 106 valence electrons. The van der Waals surface area contributed by atoms with Crippen LogP contribution in [0.1, 0.15) is 11.6 Å². The molecule has 0 radical (unpaired) electrons. The molecule has 2 N–H and O–H groups in total. The Morgan fingerprint density at radius 1 is 1.00 bits per heavy atom. The number of halogens is 4. The van der Waals surface area contributed by atoms with Crippen molar-refractivity contribution < 1.29 is 22.7 Å². The first-order chi connectivity index (χ1) is 9.51. The Morgan fingerprint density at radius 3 is 2.20 bits per heavy atom. The van der Waals surface area contributed by atoms with Gasteiger partial charge in [-0.25, -0.2) is 17.6 Å². The molecule has 0 spiro atoms. The Morgan fingerprint density at radius 2 is 1.65 bits per heavy atom. The average Bonchev–Trinajstić information content (AvgIpc) is 2.41. The van der Waals surface area contributed by atoms with Crippen LogP contribution in [0.2, 0.25) is 0 Å². The van der Waals surface area contributed by atoms with Crippen LogP contribution in [0.3, 0.4) is 0 Å². The zero-order chi connectivity index (χ0) is 14.7. The molecule has 1 atom stereocenters. The van der Waals surface area contributed by atoms with Crippen LogP contribution in [0.25, 0.3) is 0 Å². The Labute approximate surface area is 112 Å². The van der Waals surface area contributed by atoms with E-state index in [0.717, 1.165) is 12.1 Å². The summed E-state index contributed by atoms with van der Waals surface area (Å²) in [5.41, 5.74) is 0.349. The summed E-state index contributed by atoms with van der Waals surface area (Å²) in [6.07, 6.45) is 0. The first kappa shape index (κ1) is 14.3. The summed E-state index contributed by atoms with van der Waals surface area (Å²) in [4.78, 5) is 0. The summed E-state index contributed by atoms with van der Waals surface area (Å²) in [7, 11) is 0. The van der Waals surface area contributed by atoms with E-state index in [0.29, 0.717) is 5.69 Å². The lowest BCUT2D eigenvalue weighted by molar-refractivity contribution is 0.275. The van der Waals surface area contributed by atoms with E-state index in [2.05, 4.69) is 5.32 Å². The number of hydrogen-bond acceptors (Lipinski definition) is 2. The van der Waals surface area contributed by atoms with Crippen LogP contribution >= 0.6 is 0 Å². The minimum absolute atomic E-state index is 0.0214. The van der Waals surface area contributed by atoms with Crippen LogP contribution in [0.15, 0.2) is 36.4 Å². The minimum atomic E-state index is -1.57. The van der Waals surface area contributed by atoms with E-state index in [1.807, 2.05) is 0 Å². The molecule has 0 aliphatic heterocycles. The summed E-state index contributed by atoms with van der Waals surface area (Å²) in [5, 5.41) is 12.0. The number of benzene rings is 2. The summed E-state index contributed by atoms with van der Waals surface area (Å²) in [6, 6.07) is 6.05. The maximum absolute atomic E-state index is 13.2. The molecule has 0 saturated heterocycles. The Balaban J connectivity index is 2.29. The number of nitrogens with one attached hydrogen (secondary N) is 1. The van der Waals surface area contributed by atoms with Gasteiger partial charge < -0.3 is 10.4 Å². The van der Waals surface area contributed by atoms with E-state index >= 15 is 0 Å². The second kappa shape index (κ2) is 5.92. The van der Waals surface area contributed by atoms with Gasteiger partial charge in [0.05, 0.1) is 12.6 Å². The highest BCUT2D eigenvalue weighted by Crippen LogP contribution is 2.23. The van der Waals surface area contributed by atoms with E-state index in [1.165, 1.54) is 24.3 Å². The SMILES string of the molecule is OCC(Nc1cccc(F)c1)c1cc(F)c(F)c(F)c1. The van der Waals surface area contributed by atoms with Crippen molar-refractivity contribution in [2.45, 2.75) is 6.04 Å². The van der Waals surface area contributed by atoms with Crippen LogP contribution in [0, 0.1) is 23.3 Å². The first-order valence-corrected chi connectivity index (χ1v) is 5.78. The smallest absolute Gasteiger partial charge is 0.194 e. The summed E-state index contributed by atoms with van der Waals surface area (Å²) in [6.45, 7) is -0.499. The van der Waals surface area contributed by atoms with Gasteiger partial charge in [0.1, 0.15) is 5.82 Å². The highest BCUT2D eigenvalue weighted by Gasteiger charge is 2.17. The van der Waals surface area contributed by atoms with E-state index in [1.54, 1.807) is 0 Å². The highest BCUT2D eigenvalue weighted by molar-refractivity contribution is 5.45. The van der Waals surface area contributed by atoms with Crippen molar-refractivity contribution in [2.75, 3.05) is 11.9 Å². The van der Waals surface area contributed by atoms with E-state index in [9.17, 15) is 22.7 Å². The van der Waals surface area contributed by atoms with Gasteiger partial charge in [0.15, 0.2) is 17.5 Å². The molecule has 0 fully saturated rings. The van der Waals surface area contributed by atoms with Gasteiger partial charge in [-0.2, -0.15) is 0 Å². The lowest BCUT2D eigenvalue weighted by atomic mass is 10.1. The molecule has 2 aromatic carbocycles. The van der Waals surface area contributed by atoms with Crippen LogP contribution < -0.4 is 5.32 Å². The van der Waals surface area contributed by atoms with Gasteiger partial charge in [-0.05, 0) is 35.9 Å². The first-order valence-electron chi connectivity index (χ1n) is 5.78. The molecule has 2 aromatic rings. The molecular formula is C14H11F4NO. The molecule has 2 nitrogen and oxygen atoms in total. The van der Waals surface area contributed by atoms with Crippen LogP contribution in [0.5, 0.6) is 0 Å². The molecule has 6 heteroatoms. The number of rotatable bonds is 4. The predicted octanol–water partition coefficient (Wildman–Crippen LogP) is 3.39. The molecule has 1 unspecified atom stereocenters. The summed E-state index contributed by atoms with van der Waals surface area (Å²) < 4.78 is 52.2. The molecule has 20 heavy (non-hydrogen) atoms. The van der Waals surface area contributed by atoms with Crippen LogP contribution in [-0.2, 0) is 0 Å². The topological polar surface area (TPSA) is 32.3 Å². The van der Waals surface area contributed by atoms with E-state index in [4.69, 9.17) is 0 Å². The zero-order valence-corrected chi connectivity index (χ0v) is 10.2. The highest BCUT2D eigenvalue weighted by atomic mass is 19.2. The third-order valence-electron chi connectivity index (χ3n) is 2.76. The van der Waals surface area contributed by atoms with Crippen molar-refractivity contribution in [3.63, 3.8) is 0 Å². The molecule has 0 heterocycles. The van der Waals surface area contributed by atoms with Gasteiger partial charge in [-0.1, -0.05) is 6.07 Å². The number of aliphatic hydroxyl groups is 1. The van der Waals surface area contributed by atoms with Crippen LogP contribution in [0.4, 0.5) is 23.2 Å². The van der Waals surface area contributed by atoms with Crippen molar-refractivity contribution in [1.82, 2.24) is 0 Å². The monoisotopic (exact) mass is 285 g/mol. The maximum atomic E-state index is 13.2. The molecule has 0 aromatic heterocycles. The van der Waals surface area contributed by atoms with Gasteiger partial charge in [-0.3, -0.25) is 0 Å². The zero-order valence-electron chi connectivity index (χ0n) is 10.2. The Kier molecular flexibility index (Phi) is 4.24. The lowest BCUT2D eigenvalue weighted by Gasteiger charge is -2.18. The van der Waals surface area contributed by atoms with Gasteiger partial charge in [0.2, 0.25) is 0 Å². The quantitative estimate of drug-likeness (QED) is 0.666. The van der Waals surface area contributed by atoms with Crippen molar-refractivity contribution >= 4 is 5.69 Å². The van der Waals surface area contributed by atoms with E-state index < -0.39 is 35.9 Å². The Bertz CT molecular complexity index is 595. The van der Waals surface area contributed by atoms with Gasteiger partial charge >= 0.3 is 0 Å². The molecule has 0 bridgehead atoms. The number of hydrogen-bond donors (Lipinski definition) is 2. The number of anilines is 1. The molecule has 0 aliphatic rings. The minimum Gasteiger partial charge on any atom is -0.394 e. The Hall–Kier alpha value is -2.08. The molecule has 0 amide bonds. The summed E-state index contributed by atoms with van der Waals surface area (Å²) in [5.74, 6) is -4.77. The fraction of sp³-hybridized carbons (Fsp3) is 0.143. The number of aliphatic hydroxyl groups excluding tert-OH is 1. The van der Waals surface area contributed by atoms with Gasteiger partial charge in [-0.15, -0.1) is 0 Å². The predicted molar refractivity (Wildman–Crippen MR) is 66.2 cm³/mol. The molecule has 0 saturated carbocycles. The lowest BCUT2D eigenvalue weighted by Crippen LogP contribution is -2.16. The third-order valence-corrected chi connectivity index (χ3v) is 2.76. The second-order valence-corrected chi connectivity index (χ2v) is 4.19. The van der Waals surface area contributed by atoms with Crippen LogP contribution in [-0.4, -0.2) is 11.7 Å². The third kappa shape index (κ3) is 3.08. The van der Waals surface area contributed by atoms with Crippen molar-refractivity contribution in [3.8, 4) is 0 Å². The normalized spacial score (nSPS) is 12.2. The average molecular weight is 285 g/mol. The van der Waals surface area contributed by atoms with Gasteiger partial charge in [0.25, 0.3) is 0 Å². The van der Waals surface area contributed by atoms with Crippen molar-refractivity contribution in [3.05, 3.63) is 65.2 Å². The fourth-order valence-corrected chi connectivity index (χ4v) is 1.79. The largest absolute Gasteiger partial charge is 0.394 e. The molecular weight excluding hydrogens is 274 g/mol. The van der Waals surface area contributed by atoms with Crippen molar-refractivity contribution in [2.24, 2.45) is 0 Å². The standard InChI is InChI=1S/C14H11F4NO/c15-9-2-1-3-10(6-9)19-13(7-20)8-4-11(16)14(18)12(17)5-8/h1-6,13,19-20H,7H2. The van der Waals surface area contributed by atoms with E-state index in [-0.39, 0.29) is 5.56 Å².